The van der Waals surface area contributed by atoms with Crippen molar-refractivity contribution in [2.75, 3.05) is 0 Å². The minimum absolute atomic E-state index is 0. The number of carbonyl (C=O) groups is 1. The maximum Gasteiger partial charge on any atom is 2.00 e. The minimum atomic E-state index is -2.33. The summed E-state index contributed by atoms with van der Waals surface area (Å²) in [6.45, 7) is 0. The maximum absolute atomic E-state index is 8.33. The van der Waals surface area contributed by atoms with E-state index in [1.807, 2.05) is 0 Å². The molecule has 0 saturated heterocycles. The Labute approximate surface area is 85.0 Å². The van der Waals surface area contributed by atoms with E-state index in [1.54, 1.807) is 0 Å². The summed E-state index contributed by atoms with van der Waals surface area (Å²) >= 11 is 0. The quantitative estimate of drug-likeness (QED) is 0.281. The van der Waals surface area contributed by atoms with Gasteiger partial charge in [-0.05, 0) is 6.16 Å². The van der Waals surface area contributed by atoms with Crippen molar-refractivity contribution in [1.82, 2.24) is 0 Å². The van der Waals surface area contributed by atoms with Crippen LogP contribution in [0.15, 0.2) is 0 Å². The molecular weight excluding hydrogens is 91.9 g/mol. The molecule has 0 aromatic rings. The Kier molecular flexibility index (Phi) is 116. The van der Waals surface area contributed by atoms with Gasteiger partial charge >= 0.3 is 58.0 Å². The van der Waals surface area contributed by atoms with Crippen molar-refractivity contribution in [2.45, 2.75) is 0 Å². The first-order valence-corrected chi connectivity index (χ1v) is 0.612. The molecule has 8 heavy (non-hydrogen) atoms. The van der Waals surface area contributed by atoms with Gasteiger partial charge in [-0.2, -0.15) is 0 Å². The zero-order valence-corrected chi connectivity index (χ0v) is 5.14. The van der Waals surface area contributed by atoms with Crippen LogP contribution in [0, 0.1) is 0 Å². The first-order chi connectivity index (χ1) is 1.73. The fourth-order valence-electron chi connectivity index (χ4n) is 0. The first-order valence-electron chi connectivity index (χ1n) is 0.612. The molecule has 0 aliphatic carbocycles. The normalized spacial score (nSPS) is 3.00. The van der Waals surface area contributed by atoms with Gasteiger partial charge in [0, 0.05) is 0 Å². The molecule has 0 aliphatic heterocycles. The molecular formula is CH4Be2Li2O3. The van der Waals surface area contributed by atoms with E-state index < -0.39 is 6.16 Å². The molecule has 0 atom stereocenters. The molecule has 0 amide bonds. The van der Waals surface area contributed by atoms with Crippen molar-refractivity contribution in [2.24, 2.45) is 0 Å². The molecule has 0 spiro atoms. The van der Waals surface area contributed by atoms with Crippen LogP contribution < -0.4 is 47.9 Å². The molecule has 0 unspecified atom stereocenters. The Balaban J connectivity index is -0.00000000161. The predicted octanol–water partition coefficient (Wildman–Crippen LogP) is -8.75. The molecule has 0 radical (unpaired) electrons. The molecule has 32 valence electrons. The Morgan fingerprint density at radius 2 is 1.12 bits per heavy atom. The van der Waals surface area contributed by atoms with Gasteiger partial charge in [0.05, 0.1) is 0 Å². The van der Waals surface area contributed by atoms with Crippen LogP contribution in [-0.4, -0.2) is 26.4 Å². The molecule has 0 rings (SSSR count). The zero-order valence-electron chi connectivity index (χ0n) is 9.14. The first kappa shape index (κ1) is 37.1. The molecule has 0 saturated carbocycles. The van der Waals surface area contributed by atoms with Crippen molar-refractivity contribution in [1.29, 1.82) is 0 Å². The third-order valence-electron chi connectivity index (χ3n) is 0. The monoisotopic (exact) mass is 96.1 g/mol. The van der Waals surface area contributed by atoms with Crippen molar-refractivity contribution in [3.05, 3.63) is 0 Å². The maximum atomic E-state index is 8.33. The van der Waals surface area contributed by atoms with Crippen molar-refractivity contribution in [3.63, 3.8) is 0 Å². The Morgan fingerprint density at radius 3 is 1.12 bits per heavy atom. The van der Waals surface area contributed by atoms with E-state index >= 15 is 0 Å². The Bertz CT molecular complexity index is 49.3. The summed E-state index contributed by atoms with van der Waals surface area (Å²) in [6, 6.07) is 0. The smallest absolute Gasteiger partial charge is 1.00 e. The largest absolute Gasteiger partial charge is 2.00 e. The van der Waals surface area contributed by atoms with E-state index in [0.717, 1.165) is 0 Å². The summed E-state index contributed by atoms with van der Waals surface area (Å²) in [7, 11) is 0. The fourth-order valence-corrected chi connectivity index (χ4v) is 0. The van der Waals surface area contributed by atoms with Crippen LogP contribution in [0.2, 0.25) is 0 Å². The van der Waals surface area contributed by atoms with Crippen LogP contribution in [0.25, 0.3) is 0 Å². The van der Waals surface area contributed by atoms with Gasteiger partial charge in [-0.1, -0.05) is 0 Å². The number of hydrogen-bond donors (Lipinski definition) is 0. The second kappa shape index (κ2) is 25.0. The zero-order chi connectivity index (χ0) is 3.58. The number of carbonyl (C=O) groups excluding carboxylic acids is 1. The van der Waals surface area contributed by atoms with Crippen molar-refractivity contribution in [3.8, 4) is 0 Å². The van der Waals surface area contributed by atoms with Gasteiger partial charge in [-0.3, -0.25) is 0 Å². The fraction of sp³-hybridized carbons (Fsp3) is 0. The van der Waals surface area contributed by atoms with Crippen LogP contribution in [0.5, 0.6) is 0 Å². The van der Waals surface area contributed by atoms with Gasteiger partial charge in [0.25, 0.3) is 0 Å². The number of hydrogen-bond acceptors (Lipinski definition) is 3. The van der Waals surface area contributed by atoms with E-state index in [0.29, 0.717) is 0 Å². The molecule has 0 N–H and O–H groups in total. The third kappa shape index (κ3) is 356. The van der Waals surface area contributed by atoms with Gasteiger partial charge in [-0.25, -0.2) is 0 Å². The van der Waals surface area contributed by atoms with Gasteiger partial charge in [0.1, 0.15) is 0 Å². The summed E-state index contributed by atoms with van der Waals surface area (Å²) in [6.07, 6.45) is -2.33. The number of rotatable bonds is 0. The summed E-state index contributed by atoms with van der Waals surface area (Å²) in [5.41, 5.74) is 0. The average molecular weight is 95.9 g/mol. The van der Waals surface area contributed by atoms with Crippen LogP contribution in [0.1, 0.15) is 5.71 Å². The van der Waals surface area contributed by atoms with Crippen molar-refractivity contribution < 1.29 is 58.4 Å². The van der Waals surface area contributed by atoms with E-state index in [1.165, 1.54) is 0 Å². The number of carboxylic acid groups (broad SMARTS) is 2. The van der Waals surface area contributed by atoms with E-state index in [9.17, 15) is 0 Å². The Hall–Kier alpha value is 0.802. The minimum Gasteiger partial charge on any atom is -1.00 e. The standard InChI is InChI=1S/CH2O3.2Be.2Li.4H/c2-1(3)4;;;;;;;;/h(H2,2,3,4);;;;;;;;/q;2*+2;2*+1;4*-1/p-2. The van der Waals surface area contributed by atoms with Gasteiger partial charge in [0.15, 0.2) is 0 Å². The average Bonchev–Trinajstić information content (AvgIpc) is 0.811. The molecule has 0 aliphatic rings. The van der Waals surface area contributed by atoms with Gasteiger partial charge in [0.2, 0.25) is 0 Å². The molecule has 0 bridgehead atoms. The van der Waals surface area contributed by atoms with E-state index in [-0.39, 0.29) is 63.7 Å². The topological polar surface area (TPSA) is 63.2 Å². The summed E-state index contributed by atoms with van der Waals surface area (Å²) in [5, 5.41) is 16.7. The molecule has 7 heteroatoms. The second-order valence-corrected chi connectivity index (χ2v) is 0.250. The summed E-state index contributed by atoms with van der Waals surface area (Å²) in [5.74, 6) is 0. The molecule has 3 nitrogen and oxygen atoms in total. The molecule has 0 heterocycles. The SMILES string of the molecule is O=C([O-])[O-].[Be+2].[Be+2].[H-].[H-].[H-].[H-].[Li+].[Li+]. The summed E-state index contributed by atoms with van der Waals surface area (Å²) in [4.78, 5) is 8.33. The van der Waals surface area contributed by atoms with E-state index in [2.05, 4.69) is 0 Å². The van der Waals surface area contributed by atoms with E-state index in [4.69, 9.17) is 15.0 Å². The molecule has 0 fully saturated rings. The summed E-state index contributed by atoms with van der Waals surface area (Å²) < 4.78 is 0. The van der Waals surface area contributed by atoms with Gasteiger partial charge < -0.3 is 20.7 Å². The van der Waals surface area contributed by atoms with Crippen LogP contribution in [0.4, 0.5) is 4.79 Å². The van der Waals surface area contributed by atoms with Crippen LogP contribution in [-0.2, 0) is 0 Å². The van der Waals surface area contributed by atoms with Crippen LogP contribution >= 0.6 is 0 Å². The third-order valence-corrected chi connectivity index (χ3v) is 0. The van der Waals surface area contributed by atoms with Gasteiger partial charge in [-0.15, -0.1) is 0 Å². The van der Waals surface area contributed by atoms with Crippen molar-refractivity contribution >= 4 is 26.4 Å². The molecule has 0 aromatic heterocycles. The predicted molar refractivity (Wildman–Crippen MR) is 21.4 cm³/mol. The molecule has 0 aromatic carbocycles. The second-order valence-electron chi connectivity index (χ2n) is 0.250. The van der Waals surface area contributed by atoms with Crippen LogP contribution in [0.3, 0.4) is 0 Å². The Morgan fingerprint density at radius 1 is 1.12 bits per heavy atom.